The molecule has 5 nitrogen and oxygen atoms in total. The van der Waals surface area contributed by atoms with E-state index in [2.05, 4.69) is 23.8 Å². The van der Waals surface area contributed by atoms with Gasteiger partial charge in [0.1, 0.15) is 11.6 Å². The SMILES string of the molecule is COCCOCCc1nc(N)cc(CC(C)C)n1. The molecule has 1 aromatic heterocycles. The van der Waals surface area contributed by atoms with Crippen molar-refractivity contribution in [1.82, 2.24) is 9.97 Å². The molecule has 2 N–H and O–H groups in total. The molecule has 0 saturated heterocycles. The number of nitrogen functional groups attached to an aromatic ring is 1. The summed E-state index contributed by atoms with van der Waals surface area (Å²) in [6.45, 7) is 6.11. The highest BCUT2D eigenvalue weighted by Crippen LogP contribution is 2.09. The predicted octanol–water partition coefficient (Wildman–Crippen LogP) is 1.46. The van der Waals surface area contributed by atoms with Crippen LogP contribution in [0.3, 0.4) is 0 Å². The molecule has 5 heteroatoms. The van der Waals surface area contributed by atoms with Crippen molar-refractivity contribution in [2.45, 2.75) is 26.7 Å². The van der Waals surface area contributed by atoms with Crippen molar-refractivity contribution < 1.29 is 9.47 Å². The van der Waals surface area contributed by atoms with Crippen LogP contribution in [0.2, 0.25) is 0 Å². The molecule has 1 aromatic rings. The standard InChI is InChI=1S/C13H23N3O2/c1-10(2)8-11-9-12(14)16-13(15-11)4-5-18-7-6-17-3/h9-10H,4-8H2,1-3H3,(H2,14,15,16). The number of anilines is 1. The van der Waals surface area contributed by atoms with Crippen LogP contribution in [-0.4, -0.2) is 36.9 Å². The van der Waals surface area contributed by atoms with Gasteiger partial charge in [-0.2, -0.15) is 0 Å². The number of nitrogens with zero attached hydrogens (tertiary/aromatic N) is 2. The maximum absolute atomic E-state index is 5.78. The highest BCUT2D eigenvalue weighted by Gasteiger charge is 2.05. The molecule has 0 radical (unpaired) electrons. The second-order valence-electron chi connectivity index (χ2n) is 4.65. The predicted molar refractivity (Wildman–Crippen MR) is 71.4 cm³/mol. The molecule has 0 aliphatic rings. The Bertz CT molecular complexity index is 356. The van der Waals surface area contributed by atoms with E-state index in [1.807, 2.05) is 6.07 Å². The number of nitrogens with two attached hydrogens (primary N) is 1. The van der Waals surface area contributed by atoms with Crippen molar-refractivity contribution in [3.05, 3.63) is 17.6 Å². The zero-order valence-corrected chi connectivity index (χ0v) is 11.5. The molecule has 0 bridgehead atoms. The van der Waals surface area contributed by atoms with Crippen LogP contribution in [0.25, 0.3) is 0 Å². The van der Waals surface area contributed by atoms with Gasteiger partial charge in [-0.3, -0.25) is 0 Å². The minimum Gasteiger partial charge on any atom is -0.384 e. The van der Waals surface area contributed by atoms with Crippen LogP contribution in [0.4, 0.5) is 5.82 Å². The van der Waals surface area contributed by atoms with E-state index in [0.29, 0.717) is 38.0 Å². The van der Waals surface area contributed by atoms with Gasteiger partial charge in [0.2, 0.25) is 0 Å². The molecule has 1 rings (SSSR count). The van der Waals surface area contributed by atoms with Gasteiger partial charge in [-0.05, 0) is 12.3 Å². The first-order chi connectivity index (χ1) is 8.61. The minimum atomic E-state index is 0.535. The number of hydrogen-bond acceptors (Lipinski definition) is 5. The van der Waals surface area contributed by atoms with E-state index >= 15 is 0 Å². The van der Waals surface area contributed by atoms with Crippen LogP contribution in [0.1, 0.15) is 25.4 Å². The Morgan fingerprint density at radius 3 is 2.67 bits per heavy atom. The highest BCUT2D eigenvalue weighted by molar-refractivity contribution is 5.30. The van der Waals surface area contributed by atoms with E-state index < -0.39 is 0 Å². The smallest absolute Gasteiger partial charge is 0.133 e. The Kier molecular flexibility index (Phi) is 6.60. The van der Waals surface area contributed by atoms with Crippen molar-refractivity contribution in [3.8, 4) is 0 Å². The number of aromatic nitrogens is 2. The third-order valence-electron chi connectivity index (χ3n) is 2.36. The average molecular weight is 253 g/mol. The van der Waals surface area contributed by atoms with Crippen LogP contribution in [0.15, 0.2) is 6.07 Å². The fourth-order valence-electron chi connectivity index (χ4n) is 1.62. The molecule has 0 aromatic carbocycles. The molecular weight excluding hydrogens is 230 g/mol. The molecule has 0 atom stereocenters. The quantitative estimate of drug-likeness (QED) is 0.710. The Morgan fingerprint density at radius 2 is 2.00 bits per heavy atom. The van der Waals surface area contributed by atoms with Gasteiger partial charge in [-0.15, -0.1) is 0 Å². The summed E-state index contributed by atoms with van der Waals surface area (Å²) in [4.78, 5) is 8.70. The summed E-state index contributed by atoms with van der Waals surface area (Å²) < 4.78 is 10.3. The Balaban J connectivity index is 2.46. The summed E-state index contributed by atoms with van der Waals surface area (Å²) in [7, 11) is 1.66. The zero-order valence-electron chi connectivity index (χ0n) is 11.5. The van der Waals surface area contributed by atoms with Crippen LogP contribution < -0.4 is 5.73 Å². The summed E-state index contributed by atoms with van der Waals surface area (Å²) in [6.07, 6.45) is 1.60. The van der Waals surface area contributed by atoms with Gasteiger partial charge in [0.25, 0.3) is 0 Å². The molecule has 0 saturated carbocycles. The third kappa shape index (κ3) is 5.93. The average Bonchev–Trinajstić information content (AvgIpc) is 2.27. The maximum atomic E-state index is 5.78. The number of ether oxygens (including phenoxy) is 2. The van der Waals surface area contributed by atoms with Gasteiger partial charge in [0.05, 0.1) is 19.8 Å². The van der Waals surface area contributed by atoms with E-state index in [1.54, 1.807) is 7.11 Å². The normalized spacial score (nSPS) is 11.1. The van der Waals surface area contributed by atoms with Gasteiger partial charge in [-0.25, -0.2) is 9.97 Å². The first kappa shape index (κ1) is 14.9. The molecule has 1 heterocycles. The van der Waals surface area contributed by atoms with Gasteiger partial charge in [0, 0.05) is 25.3 Å². The lowest BCUT2D eigenvalue weighted by Gasteiger charge is -2.08. The van der Waals surface area contributed by atoms with Gasteiger partial charge in [-0.1, -0.05) is 13.8 Å². The second-order valence-corrected chi connectivity index (χ2v) is 4.65. The first-order valence-corrected chi connectivity index (χ1v) is 6.30. The topological polar surface area (TPSA) is 70.3 Å². The highest BCUT2D eigenvalue weighted by atomic mass is 16.5. The summed E-state index contributed by atoms with van der Waals surface area (Å²) in [5.74, 6) is 1.85. The minimum absolute atomic E-state index is 0.535. The summed E-state index contributed by atoms with van der Waals surface area (Å²) in [5, 5.41) is 0. The molecule has 0 unspecified atom stereocenters. The van der Waals surface area contributed by atoms with E-state index in [-0.39, 0.29) is 0 Å². The molecular formula is C13H23N3O2. The van der Waals surface area contributed by atoms with Gasteiger partial charge < -0.3 is 15.2 Å². The van der Waals surface area contributed by atoms with Crippen LogP contribution in [-0.2, 0) is 22.3 Å². The fourth-order valence-corrected chi connectivity index (χ4v) is 1.62. The largest absolute Gasteiger partial charge is 0.384 e. The van der Waals surface area contributed by atoms with Crippen molar-refractivity contribution >= 4 is 5.82 Å². The molecule has 0 amide bonds. The Hall–Kier alpha value is -1.20. The lowest BCUT2D eigenvalue weighted by Crippen LogP contribution is -2.10. The van der Waals surface area contributed by atoms with Crippen molar-refractivity contribution in [2.24, 2.45) is 5.92 Å². The molecule has 102 valence electrons. The van der Waals surface area contributed by atoms with Crippen molar-refractivity contribution in [1.29, 1.82) is 0 Å². The van der Waals surface area contributed by atoms with Crippen molar-refractivity contribution in [3.63, 3.8) is 0 Å². The Morgan fingerprint density at radius 1 is 1.22 bits per heavy atom. The number of methoxy groups -OCH3 is 1. The van der Waals surface area contributed by atoms with E-state index in [4.69, 9.17) is 15.2 Å². The monoisotopic (exact) mass is 253 g/mol. The molecule has 18 heavy (non-hydrogen) atoms. The summed E-state index contributed by atoms with van der Waals surface area (Å²) >= 11 is 0. The third-order valence-corrected chi connectivity index (χ3v) is 2.36. The second kappa shape index (κ2) is 8.00. The number of rotatable bonds is 8. The lowest BCUT2D eigenvalue weighted by molar-refractivity contribution is 0.0716. The summed E-state index contributed by atoms with van der Waals surface area (Å²) in [5.41, 5.74) is 6.78. The van der Waals surface area contributed by atoms with Crippen LogP contribution in [0, 0.1) is 5.92 Å². The lowest BCUT2D eigenvalue weighted by atomic mass is 10.1. The molecule has 0 spiro atoms. The maximum Gasteiger partial charge on any atom is 0.133 e. The molecule has 0 aliphatic heterocycles. The van der Waals surface area contributed by atoms with Gasteiger partial charge >= 0.3 is 0 Å². The fraction of sp³-hybridized carbons (Fsp3) is 0.692. The Labute approximate surface area is 109 Å². The van der Waals surface area contributed by atoms with Crippen LogP contribution in [0.5, 0.6) is 0 Å². The molecule has 0 fully saturated rings. The first-order valence-electron chi connectivity index (χ1n) is 6.30. The van der Waals surface area contributed by atoms with E-state index in [0.717, 1.165) is 17.9 Å². The van der Waals surface area contributed by atoms with E-state index in [1.165, 1.54) is 0 Å². The summed E-state index contributed by atoms with van der Waals surface area (Å²) in [6, 6.07) is 1.84. The van der Waals surface area contributed by atoms with Gasteiger partial charge in [0.15, 0.2) is 0 Å². The van der Waals surface area contributed by atoms with Crippen LogP contribution >= 0.6 is 0 Å². The molecule has 0 aliphatic carbocycles. The zero-order chi connectivity index (χ0) is 13.4. The number of hydrogen-bond donors (Lipinski definition) is 1. The van der Waals surface area contributed by atoms with Crippen molar-refractivity contribution in [2.75, 3.05) is 32.7 Å². The van der Waals surface area contributed by atoms with E-state index in [9.17, 15) is 0 Å².